The van der Waals surface area contributed by atoms with Gasteiger partial charge in [0.15, 0.2) is 5.69 Å². The van der Waals surface area contributed by atoms with Crippen molar-refractivity contribution in [2.75, 3.05) is 20.6 Å². The first-order valence-electron chi connectivity index (χ1n) is 6.25. The largest absolute Gasteiger partial charge is 0.476 e. The minimum absolute atomic E-state index is 0.00607. The maximum absolute atomic E-state index is 11.6. The second kappa shape index (κ2) is 7.81. The van der Waals surface area contributed by atoms with Crippen molar-refractivity contribution in [2.24, 2.45) is 0 Å². The Kier molecular flexibility index (Phi) is 6.40. The minimum Gasteiger partial charge on any atom is -0.476 e. The molecule has 1 unspecified atom stereocenters. The van der Waals surface area contributed by atoms with Crippen LogP contribution in [0.3, 0.4) is 0 Å². The number of nitrogens with one attached hydrogen (secondary N) is 2. The molecule has 1 atom stereocenters. The molecule has 1 aromatic heterocycles. The summed E-state index contributed by atoms with van der Waals surface area (Å²) in [6.07, 6.45) is 0.862. The van der Waals surface area contributed by atoms with Gasteiger partial charge < -0.3 is 20.6 Å². The van der Waals surface area contributed by atoms with E-state index in [9.17, 15) is 9.59 Å². The predicted octanol–water partition coefficient (Wildman–Crippen LogP) is 0.981. The van der Waals surface area contributed by atoms with E-state index in [2.05, 4.69) is 20.5 Å². The Morgan fingerprint density at radius 1 is 1.50 bits per heavy atom. The van der Waals surface area contributed by atoms with E-state index in [-0.39, 0.29) is 24.3 Å². The van der Waals surface area contributed by atoms with Crippen LogP contribution >= 0.6 is 11.3 Å². The molecule has 0 radical (unpaired) electrons. The summed E-state index contributed by atoms with van der Waals surface area (Å²) in [6, 6.07) is -0.202. The number of hydrogen-bond acceptors (Lipinski definition) is 5. The van der Waals surface area contributed by atoms with Crippen molar-refractivity contribution in [1.29, 1.82) is 0 Å². The van der Waals surface area contributed by atoms with Gasteiger partial charge in [-0.25, -0.2) is 14.6 Å². The lowest BCUT2D eigenvalue weighted by Gasteiger charge is -2.16. The zero-order chi connectivity index (χ0) is 15.1. The number of thiazole rings is 1. The van der Waals surface area contributed by atoms with Crippen LogP contribution in [-0.2, 0) is 6.54 Å². The van der Waals surface area contributed by atoms with Crippen LogP contribution in [0.4, 0.5) is 4.79 Å². The van der Waals surface area contributed by atoms with Gasteiger partial charge in [-0.1, -0.05) is 0 Å². The van der Waals surface area contributed by atoms with Crippen molar-refractivity contribution in [1.82, 2.24) is 20.5 Å². The van der Waals surface area contributed by atoms with Gasteiger partial charge in [-0.2, -0.15) is 0 Å². The minimum atomic E-state index is -1.06. The molecule has 0 aliphatic carbocycles. The molecule has 0 aromatic carbocycles. The van der Waals surface area contributed by atoms with E-state index >= 15 is 0 Å². The molecular weight excluding hydrogens is 280 g/mol. The van der Waals surface area contributed by atoms with Crippen molar-refractivity contribution >= 4 is 23.3 Å². The Morgan fingerprint density at radius 3 is 2.75 bits per heavy atom. The van der Waals surface area contributed by atoms with Gasteiger partial charge in [-0.05, 0) is 34.0 Å². The normalized spacial score (nSPS) is 12.2. The van der Waals surface area contributed by atoms with E-state index in [1.54, 1.807) is 0 Å². The van der Waals surface area contributed by atoms with Gasteiger partial charge in [0.2, 0.25) is 0 Å². The number of amides is 2. The molecule has 8 heteroatoms. The van der Waals surface area contributed by atoms with Crippen molar-refractivity contribution in [3.63, 3.8) is 0 Å². The average Bonchev–Trinajstić information content (AvgIpc) is 2.83. The number of carbonyl (C=O) groups is 2. The molecule has 0 fully saturated rings. The zero-order valence-corrected chi connectivity index (χ0v) is 12.7. The molecule has 1 rings (SSSR count). The van der Waals surface area contributed by atoms with E-state index < -0.39 is 5.97 Å². The first-order chi connectivity index (χ1) is 9.38. The molecule has 112 valence electrons. The molecule has 2 amide bonds. The van der Waals surface area contributed by atoms with E-state index in [0.29, 0.717) is 5.01 Å². The van der Waals surface area contributed by atoms with Crippen LogP contribution < -0.4 is 10.6 Å². The van der Waals surface area contributed by atoms with Crippen LogP contribution in [0.15, 0.2) is 5.38 Å². The van der Waals surface area contributed by atoms with Crippen LogP contribution in [0.1, 0.15) is 28.8 Å². The van der Waals surface area contributed by atoms with Crippen molar-refractivity contribution < 1.29 is 14.7 Å². The van der Waals surface area contributed by atoms with Gasteiger partial charge in [0.05, 0.1) is 6.54 Å². The molecule has 1 aromatic rings. The molecule has 0 saturated carbocycles. The summed E-state index contributed by atoms with van der Waals surface area (Å²) >= 11 is 1.21. The number of rotatable bonds is 7. The molecule has 0 saturated heterocycles. The Bertz CT molecular complexity index is 461. The van der Waals surface area contributed by atoms with Crippen LogP contribution in [0.2, 0.25) is 0 Å². The summed E-state index contributed by atoms with van der Waals surface area (Å²) in [5.74, 6) is -1.06. The standard InChI is InChI=1S/C12H20N4O3S/c1-8(4-5-16(2)3)14-12(19)13-6-10-15-9(7-20-10)11(17)18/h7-8H,4-6H2,1-3H3,(H,17,18)(H2,13,14,19). The first kappa shape index (κ1) is 16.4. The van der Waals surface area contributed by atoms with Crippen molar-refractivity contribution in [2.45, 2.75) is 25.9 Å². The maximum atomic E-state index is 11.6. The van der Waals surface area contributed by atoms with Crippen LogP contribution in [-0.4, -0.2) is 53.7 Å². The number of nitrogens with zero attached hydrogens (tertiary/aromatic N) is 2. The number of hydrogen-bond donors (Lipinski definition) is 3. The number of aromatic nitrogens is 1. The van der Waals surface area contributed by atoms with Crippen LogP contribution in [0, 0.1) is 0 Å². The molecule has 1 heterocycles. The lowest BCUT2D eigenvalue weighted by atomic mass is 10.2. The lowest BCUT2D eigenvalue weighted by molar-refractivity contribution is 0.0691. The predicted molar refractivity (Wildman–Crippen MR) is 77.1 cm³/mol. The average molecular weight is 300 g/mol. The van der Waals surface area contributed by atoms with Gasteiger partial charge in [0.25, 0.3) is 0 Å². The fourth-order valence-corrected chi connectivity index (χ4v) is 2.15. The van der Waals surface area contributed by atoms with Gasteiger partial charge in [-0.15, -0.1) is 11.3 Å². The van der Waals surface area contributed by atoms with Crippen LogP contribution in [0.5, 0.6) is 0 Å². The molecule has 20 heavy (non-hydrogen) atoms. The summed E-state index contributed by atoms with van der Waals surface area (Å²) in [7, 11) is 3.96. The summed E-state index contributed by atoms with van der Waals surface area (Å²) < 4.78 is 0. The van der Waals surface area contributed by atoms with Gasteiger partial charge >= 0.3 is 12.0 Å². The maximum Gasteiger partial charge on any atom is 0.355 e. The van der Waals surface area contributed by atoms with Gasteiger partial charge in [0, 0.05) is 11.4 Å². The molecule has 0 aliphatic heterocycles. The number of aromatic carboxylic acids is 1. The number of carboxylic acid groups (broad SMARTS) is 1. The lowest BCUT2D eigenvalue weighted by Crippen LogP contribution is -2.41. The monoisotopic (exact) mass is 300 g/mol. The van der Waals surface area contributed by atoms with E-state index in [4.69, 9.17) is 5.11 Å². The number of carboxylic acids is 1. The first-order valence-corrected chi connectivity index (χ1v) is 7.13. The molecule has 0 aliphatic rings. The molecular formula is C12H20N4O3S. The topological polar surface area (TPSA) is 94.6 Å². The third kappa shape index (κ3) is 5.98. The Morgan fingerprint density at radius 2 is 2.20 bits per heavy atom. The highest BCUT2D eigenvalue weighted by atomic mass is 32.1. The highest BCUT2D eigenvalue weighted by Crippen LogP contribution is 2.09. The van der Waals surface area contributed by atoms with E-state index in [0.717, 1.165) is 13.0 Å². The third-order valence-corrected chi connectivity index (χ3v) is 3.41. The Hall–Kier alpha value is -1.67. The molecule has 3 N–H and O–H groups in total. The number of urea groups is 1. The molecule has 7 nitrogen and oxygen atoms in total. The van der Waals surface area contributed by atoms with Crippen molar-refractivity contribution in [3.8, 4) is 0 Å². The molecule has 0 bridgehead atoms. The quantitative estimate of drug-likeness (QED) is 0.698. The SMILES string of the molecule is CC(CCN(C)C)NC(=O)NCc1nc(C(=O)O)cs1. The van der Waals surface area contributed by atoms with Gasteiger partial charge in [0.1, 0.15) is 5.01 Å². The second-order valence-corrected chi connectivity index (χ2v) is 5.69. The Balaban J connectivity index is 2.30. The smallest absolute Gasteiger partial charge is 0.355 e. The number of carbonyl (C=O) groups excluding carboxylic acids is 1. The van der Waals surface area contributed by atoms with E-state index in [1.807, 2.05) is 21.0 Å². The third-order valence-electron chi connectivity index (χ3n) is 2.56. The van der Waals surface area contributed by atoms with E-state index in [1.165, 1.54) is 16.7 Å². The summed E-state index contributed by atoms with van der Waals surface area (Å²) in [5, 5.41) is 16.2. The fourth-order valence-electron chi connectivity index (χ4n) is 1.45. The molecule has 0 spiro atoms. The summed E-state index contributed by atoms with van der Waals surface area (Å²) in [4.78, 5) is 28.2. The van der Waals surface area contributed by atoms with Crippen LogP contribution in [0.25, 0.3) is 0 Å². The second-order valence-electron chi connectivity index (χ2n) is 4.75. The van der Waals surface area contributed by atoms with Crippen molar-refractivity contribution in [3.05, 3.63) is 16.1 Å². The fraction of sp³-hybridized carbons (Fsp3) is 0.583. The van der Waals surface area contributed by atoms with Gasteiger partial charge in [-0.3, -0.25) is 0 Å². The highest BCUT2D eigenvalue weighted by molar-refractivity contribution is 7.09. The summed E-state index contributed by atoms with van der Waals surface area (Å²) in [5.41, 5.74) is 0.00607. The zero-order valence-electron chi connectivity index (χ0n) is 11.8. The Labute approximate surface area is 122 Å². The summed E-state index contributed by atoms with van der Waals surface area (Å²) in [6.45, 7) is 3.06. The highest BCUT2D eigenvalue weighted by Gasteiger charge is 2.10.